The summed E-state index contributed by atoms with van der Waals surface area (Å²) in [5.74, 6) is 2.18. The second-order valence-corrected chi connectivity index (χ2v) is 6.28. The molecule has 0 fully saturated rings. The lowest BCUT2D eigenvalue weighted by Crippen LogP contribution is -1.99. The summed E-state index contributed by atoms with van der Waals surface area (Å²) in [5, 5.41) is 9.33. The summed E-state index contributed by atoms with van der Waals surface area (Å²) in [4.78, 5) is 12.3. The van der Waals surface area contributed by atoms with E-state index in [1.54, 1.807) is 32.4 Å². The van der Waals surface area contributed by atoms with Gasteiger partial charge in [0.05, 0.1) is 14.2 Å². The molecule has 0 saturated carbocycles. The maximum absolute atomic E-state index is 12.3. The monoisotopic (exact) mass is 390 g/mol. The number of carbonyl (C=O) groups excluding carboxylic acids is 1. The normalized spacial score (nSPS) is 10.7. The first-order valence-corrected chi connectivity index (χ1v) is 9.04. The Morgan fingerprint density at radius 3 is 2.24 bits per heavy atom. The fourth-order valence-electron chi connectivity index (χ4n) is 2.74. The summed E-state index contributed by atoms with van der Waals surface area (Å²) < 4.78 is 16.4. The highest BCUT2D eigenvalue weighted by Gasteiger charge is 2.06. The zero-order valence-corrected chi connectivity index (χ0v) is 16.3. The van der Waals surface area contributed by atoms with E-state index in [1.165, 1.54) is 18.2 Å². The third-order valence-electron chi connectivity index (χ3n) is 4.34. The summed E-state index contributed by atoms with van der Waals surface area (Å²) in [6, 6.07) is 19.1. The number of rotatable bonds is 8. The minimum atomic E-state index is -0.142. The maximum Gasteiger partial charge on any atom is 0.185 e. The van der Waals surface area contributed by atoms with Crippen molar-refractivity contribution >= 4 is 11.9 Å². The molecule has 148 valence electrons. The predicted molar refractivity (Wildman–Crippen MR) is 112 cm³/mol. The van der Waals surface area contributed by atoms with Crippen LogP contribution in [-0.2, 0) is 6.61 Å². The van der Waals surface area contributed by atoms with Gasteiger partial charge >= 0.3 is 0 Å². The van der Waals surface area contributed by atoms with Crippen LogP contribution in [0.5, 0.6) is 23.0 Å². The fraction of sp³-hybridized carbons (Fsp3) is 0.125. The highest BCUT2D eigenvalue weighted by molar-refractivity contribution is 6.06. The Kier molecular flexibility index (Phi) is 6.53. The van der Waals surface area contributed by atoms with E-state index < -0.39 is 0 Å². The van der Waals surface area contributed by atoms with Crippen LogP contribution in [0, 0.1) is 0 Å². The van der Waals surface area contributed by atoms with Crippen molar-refractivity contribution in [1.82, 2.24) is 0 Å². The van der Waals surface area contributed by atoms with E-state index in [4.69, 9.17) is 14.2 Å². The van der Waals surface area contributed by atoms with Crippen molar-refractivity contribution in [3.63, 3.8) is 0 Å². The first-order valence-electron chi connectivity index (χ1n) is 9.04. The summed E-state index contributed by atoms with van der Waals surface area (Å²) in [6.45, 7) is 0.323. The Balaban J connectivity index is 1.71. The van der Waals surface area contributed by atoms with Gasteiger partial charge in [-0.3, -0.25) is 4.79 Å². The van der Waals surface area contributed by atoms with Crippen LogP contribution in [0.4, 0.5) is 0 Å². The van der Waals surface area contributed by atoms with E-state index in [1.807, 2.05) is 42.5 Å². The Labute approximate surface area is 169 Å². The van der Waals surface area contributed by atoms with Crippen molar-refractivity contribution in [1.29, 1.82) is 0 Å². The van der Waals surface area contributed by atoms with Gasteiger partial charge in [-0.1, -0.05) is 12.1 Å². The molecule has 29 heavy (non-hydrogen) atoms. The van der Waals surface area contributed by atoms with E-state index in [0.717, 1.165) is 22.6 Å². The molecule has 3 aromatic rings. The van der Waals surface area contributed by atoms with Crippen molar-refractivity contribution < 1.29 is 24.1 Å². The number of carbonyl (C=O) groups is 1. The molecule has 1 N–H and O–H groups in total. The van der Waals surface area contributed by atoms with Gasteiger partial charge in [0.2, 0.25) is 0 Å². The Bertz CT molecular complexity index is 989. The standard InChI is InChI=1S/C24H22O5/c1-27-21-9-11-22(12-10-21)29-16-19-15-17(4-14-24(19)28-2)3-13-23(26)18-5-7-20(25)8-6-18/h3-15,25H,16H2,1-2H3/b13-3+. The number of methoxy groups -OCH3 is 2. The molecule has 0 aliphatic carbocycles. The lowest BCUT2D eigenvalue weighted by atomic mass is 10.1. The Hall–Kier alpha value is -3.73. The molecular formula is C24H22O5. The lowest BCUT2D eigenvalue weighted by molar-refractivity contribution is 0.104. The van der Waals surface area contributed by atoms with Gasteiger partial charge in [0, 0.05) is 11.1 Å². The number of allylic oxidation sites excluding steroid dienone is 1. The van der Waals surface area contributed by atoms with Crippen molar-refractivity contribution in [2.24, 2.45) is 0 Å². The number of hydrogen-bond donors (Lipinski definition) is 1. The molecule has 0 atom stereocenters. The molecule has 0 aromatic heterocycles. The molecule has 0 heterocycles. The van der Waals surface area contributed by atoms with Crippen LogP contribution >= 0.6 is 0 Å². The van der Waals surface area contributed by atoms with Crippen LogP contribution < -0.4 is 14.2 Å². The SMILES string of the molecule is COc1ccc(OCc2cc(/C=C/C(=O)c3ccc(O)cc3)ccc2OC)cc1. The molecule has 0 saturated heterocycles. The first kappa shape index (κ1) is 20.0. The number of phenols is 1. The molecule has 0 bridgehead atoms. The maximum atomic E-state index is 12.3. The van der Waals surface area contributed by atoms with Gasteiger partial charge in [0.25, 0.3) is 0 Å². The topological polar surface area (TPSA) is 65.0 Å². The second-order valence-electron chi connectivity index (χ2n) is 6.28. The largest absolute Gasteiger partial charge is 0.508 e. The first-order chi connectivity index (χ1) is 14.1. The fourth-order valence-corrected chi connectivity index (χ4v) is 2.74. The van der Waals surface area contributed by atoms with Gasteiger partial charge in [0.15, 0.2) is 5.78 Å². The van der Waals surface area contributed by atoms with Gasteiger partial charge in [-0.05, 0) is 72.3 Å². The van der Waals surface area contributed by atoms with E-state index in [-0.39, 0.29) is 11.5 Å². The second kappa shape index (κ2) is 9.46. The number of benzene rings is 3. The molecular weight excluding hydrogens is 368 g/mol. The number of ketones is 1. The molecule has 5 nitrogen and oxygen atoms in total. The molecule has 0 amide bonds. The zero-order chi connectivity index (χ0) is 20.6. The smallest absolute Gasteiger partial charge is 0.185 e. The van der Waals surface area contributed by atoms with Crippen LogP contribution in [0.3, 0.4) is 0 Å². The molecule has 0 aliphatic rings. The Morgan fingerprint density at radius 1 is 0.897 bits per heavy atom. The highest BCUT2D eigenvalue weighted by atomic mass is 16.5. The summed E-state index contributed by atoms with van der Waals surface area (Å²) in [6.07, 6.45) is 3.24. The minimum Gasteiger partial charge on any atom is -0.508 e. The minimum absolute atomic E-state index is 0.127. The van der Waals surface area contributed by atoms with Crippen molar-refractivity contribution in [3.8, 4) is 23.0 Å². The van der Waals surface area contributed by atoms with Crippen molar-refractivity contribution in [2.75, 3.05) is 14.2 Å². The molecule has 0 aliphatic heterocycles. The molecule has 5 heteroatoms. The van der Waals surface area contributed by atoms with E-state index in [9.17, 15) is 9.90 Å². The van der Waals surface area contributed by atoms with Gasteiger partial charge in [-0.25, -0.2) is 0 Å². The Morgan fingerprint density at radius 2 is 1.59 bits per heavy atom. The van der Waals surface area contributed by atoms with E-state index in [0.29, 0.717) is 17.9 Å². The van der Waals surface area contributed by atoms with Crippen LogP contribution in [-0.4, -0.2) is 25.1 Å². The van der Waals surface area contributed by atoms with Crippen LogP contribution in [0.25, 0.3) is 6.08 Å². The molecule has 3 aromatic carbocycles. The summed E-state index contributed by atoms with van der Waals surface area (Å²) in [5.41, 5.74) is 2.23. The molecule has 0 spiro atoms. The van der Waals surface area contributed by atoms with Crippen LogP contribution in [0.1, 0.15) is 21.5 Å². The number of aromatic hydroxyl groups is 1. The van der Waals surface area contributed by atoms with Crippen molar-refractivity contribution in [2.45, 2.75) is 6.61 Å². The average Bonchev–Trinajstić information content (AvgIpc) is 2.77. The lowest BCUT2D eigenvalue weighted by Gasteiger charge is -2.11. The highest BCUT2D eigenvalue weighted by Crippen LogP contribution is 2.24. The van der Waals surface area contributed by atoms with Gasteiger partial charge in [-0.2, -0.15) is 0 Å². The summed E-state index contributed by atoms with van der Waals surface area (Å²) in [7, 11) is 3.22. The van der Waals surface area contributed by atoms with Crippen LogP contribution in [0.2, 0.25) is 0 Å². The van der Waals surface area contributed by atoms with Crippen LogP contribution in [0.15, 0.2) is 72.8 Å². The van der Waals surface area contributed by atoms with Crippen molar-refractivity contribution in [3.05, 3.63) is 89.5 Å². The van der Waals surface area contributed by atoms with Gasteiger partial charge in [-0.15, -0.1) is 0 Å². The molecule has 0 radical (unpaired) electrons. The van der Waals surface area contributed by atoms with E-state index >= 15 is 0 Å². The van der Waals surface area contributed by atoms with Gasteiger partial charge in [0.1, 0.15) is 29.6 Å². The predicted octanol–water partition coefficient (Wildman–Crippen LogP) is 4.88. The summed E-state index contributed by atoms with van der Waals surface area (Å²) >= 11 is 0. The zero-order valence-electron chi connectivity index (χ0n) is 16.3. The third kappa shape index (κ3) is 5.39. The van der Waals surface area contributed by atoms with E-state index in [2.05, 4.69) is 0 Å². The quantitative estimate of drug-likeness (QED) is 0.438. The number of hydrogen-bond acceptors (Lipinski definition) is 5. The number of ether oxygens (including phenoxy) is 3. The molecule has 0 unspecified atom stereocenters. The third-order valence-corrected chi connectivity index (χ3v) is 4.34. The number of phenolic OH excluding ortho intramolecular Hbond substituents is 1. The van der Waals surface area contributed by atoms with Gasteiger partial charge < -0.3 is 19.3 Å². The molecule has 3 rings (SSSR count). The average molecular weight is 390 g/mol.